The SMILES string of the molecule is Cc1c2c(c(O)c3c(O)cccc13)C(=O)[C@]1(O)C(=O)C(C(N)=O)=C(O)[C@](N)(O)[C@@H]1C2. The second kappa shape index (κ2) is 5.79. The van der Waals surface area contributed by atoms with Crippen molar-refractivity contribution >= 4 is 28.2 Å². The van der Waals surface area contributed by atoms with Crippen LogP contribution in [0.2, 0.25) is 0 Å². The highest BCUT2D eigenvalue weighted by Gasteiger charge is 2.67. The number of carbonyl (C=O) groups excluding carboxylic acids is 3. The van der Waals surface area contributed by atoms with E-state index in [2.05, 4.69) is 0 Å². The topological polar surface area (TPSA) is 204 Å². The number of fused-ring (bicyclic) bond motifs is 3. The van der Waals surface area contributed by atoms with Crippen molar-refractivity contribution in [2.24, 2.45) is 17.4 Å². The molecule has 2 aliphatic rings. The fourth-order valence-corrected chi connectivity index (χ4v) is 4.55. The van der Waals surface area contributed by atoms with Gasteiger partial charge in [-0.1, -0.05) is 12.1 Å². The zero-order chi connectivity index (χ0) is 22.3. The lowest BCUT2D eigenvalue weighted by atomic mass is 9.60. The van der Waals surface area contributed by atoms with Gasteiger partial charge in [-0.2, -0.15) is 0 Å². The van der Waals surface area contributed by atoms with E-state index >= 15 is 0 Å². The number of hydrogen-bond acceptors (Lipinski definition) is 9. The van der Waals surface area contributed by atoms with Crippen LogP contribution in [-0.4, -0.2) is 54.3 Å². The summed E-state index contributed by atoms with van der Waals surface area (Å²) in [5, 5.41) is 53.4. The summed E-state index contributed by atoms with van der Waals surface area (Å²) in [4.78, 5) is 37.9. The number of phenolic OH excluding ortho intramolecular Hbond substituents is 2. The standard InChI is InChI=1S/C20H18N2O8/c1-6-7-3-2-4-9(23)11(7)14(24)12-8(6)5-10-19(29,15(12)25)16(26)13(18(21)28)17(27)20(10,22)30/h2-4,10,23-24,27,29-30H,5,22H2,1H3,(H2,21,28)/t10-,19+,20-/m1/s1. The predicted molar refractivity (Wildman–Crippen MR) is 101 cm³/mol. The number of nitrogens with two attached hydrogens (primary N) is 2. The van der Waals surface area contributed by atoms with Crippen LogP contribution < -0.4 is 11.5 Å². The van der Waals surface area contributed by atoms with Gasteiger partial charge in [0, 0.05) is 0 Å². The number of rotatable bonds is 1. The van der Waals surface area contributed by atoms with Crippen LogP contribution in [0.5, 0.6) is 11.5 Å². The van der Waals surface area contributed by atoms with E-state index in [1.54, 1.807) is 13.0 Å². The van der Waals surface area contributed by atoms with Crippen LogP contribution in [0.1, 0.15) is 21.5 Å². The third kappa shape index (κ3) is 2.09. The van der Waals surface area contributed by atoms with Gasteiger partial charge < -0.3 is 31.3 Å². The summed E-state index contributed by atoms with van der Waals surface area (Å²) < 4.78 is 0. The highest BCUT2D eigenvalue weighted by atomic mass is 16.4. The number of hydrogen-bond donors (Lipinski definition) is 7. The van der Waals surface area contributed by atoms with Gasteiger partial charge in [-0.05, 0) is 35.9 Å². The number of carbonyl (C=O) groups is 3. The second-order valence-electron chi connectivity index (χ2n) is 7.62. The summed E-state index contributed by atoms with van der Waals surface area (Å²) in [6, 6.07) is 4.39. The highest BCUT2D eigenvalue weighted by Crippen LogP contribution is 2.50. The molecule has 30 heavy (non-hydrogen) atoms. The van der Waals surface area contributed by atoms with Crippen molar-refractivity contribution in [2.75, 3.05) is 0 Å². The van der Waals surface area contributed by atoms with Gasteiger partial charge in [0.1, 0.15) is 17.1 Å². The van der Waals surface area contributed by atoms with Crippen molar-refractivity contribution in [2.45, 2.75) is 24.7 Å². The molecule has 1 amide bonds. The smallest absolute Gasteiger partial charge is 0.256 e. The number of aliphatic hydroxyl groups is 3. The number of phenols is 2. The molecule has 4 rings (SSSR count). The minimum Gasteiger partial charge on any atom is -0.507 e. The number of Topliss-reactive ketones (excluding diaryl/α,β-unsaturated/α-hetero) is 2. The van der Waals surface area contributed by atoms with Gasteiger partial charge in [0.2, 0.25) is 11.6 Å². The summed E-state index contributed by atoms with van der Waals surface area (Å²) in [5.41, 5.74) is 3.89. The van der Waals surface area contributed by atoms with Gasteiger partial charge in [-0.3, -0.25) is 20.1 Å². The summed E-state index contributed by atoms with van der Waals surface area (Å²) in [6.07, 6.45) is -0.405. The molecule has 3 atom stereocenters. The number of amides is 1. The minimum absolute atomic E-state index is 0.0658. The fraction of sp³-hybridized carbons (Fsp3) is 0.250. The maximum atomic E-state index is 13.3. The Morgan fingerprint density at radius 2 is 1.77 bits per heavy atom. The molecule has 9 N–H and O–H groups in total. The van der Waals surface area contributed by atoms with E-state index in [0.29, 0.717) is 10.9 Å². The van der Waals surface area contributed by atoms with E-state index in [0.717, 1.165) is 0 Å². The Kier molecular flexibility index (Phi) is 3.82. The Labute approximate surface area is 168 Å². The maximum Gasteiger partial charge on any atom is 0.256 e. The van der Waals surface area contributed by atoms with E-state index < -0.39 is 63.8 Å². The largest absolute Gasteiger partial charge is 0.507 e. The first-order chi connectivity index (χ1) is 13.9. The maximum absolute atomic E-state index is 13.3. The molecule has 0 aromatic heterocycles. The van der Waals surface area contributed by atoms with Gasteiger partial charge in [-0.15, -0.1) is 0 Å². The van der Waals surface area contributed by atoms with Crippen molar-refractivity contribution in [3.63, 3.8) is 0 Å². The number of aryl methyl sites for hydroxylation is 1. The van der Waals surface area contributed by atoms with Crippen molar-refractivity contribution < 1.29 is 39.9 Å². The van der Waals surface area contributed by atoms with Crippen LogP contribution in [0.3, 0.4) is 0 Å². The monoisotopic (exact) mass is 414 g/mol. The first-order valence-electron chi connectivity index (χ1n) is 8.89. The van der Waals surface area contributed by atoms with Gasteiger partial charge in [0.15, 0.2) is 17.1 Å². The molecular formula is C20H18N2O8. The predicted octanol–water partition coefficient (Wildman–Crippen LogP) is -0.827. The van der Waals surface area contributed by atoms with Crippen LogP contribution in [0, 0.1) is 12.8 Å². The Hall–Kier alpha value is -3.47. The van der Waals surface area contributed by atoms with Gasteiger partial charge >= 0.3 is 0 Å². The van der Waals surface area contributed by atoms with Crippen molar-refractivity contribution in [1.82, 2.24) is 0 Å². The van der Waals surface area contributed by atoms with Crippen LogP contribution in [0.25, 0.3) is 10.8 Å². The average Bonchev–Trinajstić information content (AvgIpc) is 2.66. The molecule has 156 valence electrons. The average molecular weight is 414 g/mol. The molecular weight excluding hydrogens is 396 g/mol. The first-order valence-corrected chi connectivity index (χ1v) is 8.89. The summed E-state index contributed by atoms with van der Waals surface area (Å²) in [7, 11) is 0. The Morgan fingerprint density at radius 1 is 1.13 bits per heavy atom. The highest BCUT2D eigenvalue weighted by molar-refractivity contribution is 6.33. The van der Waals surface area contributed by atoms with E-state index in [4.69, 9.17) is 11.5 Å². The molecule has 0 saturated carbocycles. The molecule has 2 aromatic rings. The van der Waals surface area contributed by atoms with Crippen LogP contribution in [-0.2, 0) is 16.0 Å². The Balaban J connectivity index is 2.10. The third-order valence-corrected chi connectivity index (χ3v) is 6.13. The third-order valence-electron chi connectivity index (χ3n) is 6.13. The van der Waals surface area contributed by atoms with E-state index in [1.807, 2.05) is 0 Å². The Morgan fingerprint density at radius 3 is 2.37 bits per heavy atom. The molecule has 0 saturated heterocycles. The molecule has 0 aliphatic heterocycles. The lowest BCUT2D eigenvalue weighted by Gasteiger charge is -2.48. The normalized spacial score (nSPS) is 28.5. The Bertz CT molecular complexity index is 1230. The lowest BCUT2D eigenvalue weighted by molar-refractivity contribution is -0.155. The van der Waals surface area contributed by atoms with Crippen LogP contribution in [0.15, 0.2) is 29.5 Å². The summed E-state index contributed by atoms with van der Waals surface area (Å²) >= 11 is 0. The van der Waals surface area contributed by atoms with E-state index in [9.17, 15) is 39.9 Å². The van der Waals surface area contributed by atoms with E-state index in [-0.39, 0.29) is 16.7 Å². The molecule has 0 radical (unpaired) electrons. The van der Waals surface area contributed by atoms with Crippen LogP contribution in [0.4, 0.5) is 0 Å². The molecule has 0 fully saturated rings. The molecule has 0 unspecified atom stereocenters. The molecule has 2 aliphatic carbocycles. The molecule has 2 aromatic carbocycles. The van der Waals surface area contributed by atoms with E-state index in [1.165, 1.54) is 12.1 Å². The van der Waals surface area contributed by atoms with Crippen molar-refractivity contribution in [3.05, 3.63) is 46.2 Å². The van der Waals surface area contributed by atoms with Gasteiger partial charge in [-0.25, -0.2) is 0 Å². The molecule has 10 nitrogen and oxygen atoms in total. The summed E-state index contributed by atoms with van der Waals surface area (Å²) in [6.45, 7) is 1.59. The zero-order valence-electron chi connectivity index (χ0n) is 15.6. The lowest BCUT2D eigenvalue weighted by Crippen LogP contribution is -2.71. The summed E-state index contributed by atoms with van der Waals surface area (Å²) in [5.74, 6) is -8.38. The first kappa shape index (κ1) is 19.8. The fourth-order valence-electron chi connectivity index (χ4n) is 4.55. The quantitative estimate of drug-likeness (QED) is 0.176. The number of ketones is 2. The van der Waals surface area contributed by atoms with Gasteiger partial charge in [0.25, 0.3) is 5.91 Å². The molecule has 0 spiro atoms. The second-order valence-corrected chi connectivity index (χ2v) is 7.62. The number of aliphatic hydroxyl groups excluding tert-OH is 1. The molecule has 10 heteroatoms. The van der Waals surface area contributed by atoms with Crippen molar-refractivity contribution in [1.29, 1.82) is 0 Å². The number of primary amides is 1. The van der Waals surface area contributed by atoms with Crippen molar-refractivity contribution in [3.8, 4) is 11.5 Å². The molecule has 0 bridgehead atoms. The number of aromatic hydroxyl groups is 2. The number of benzene rings is 2. The van der Waals surface area contributed by atoms with Crippen LogP contribution >= 0.6 is 0 Å². The minimum atomic E-state index is -3.07. The molecule has 0 heterocycles. The van der Waals surface area contributed by atoms with Gasteiger partial charge in [0.05, 0.1) is 16.9 Å². The zero-order valence-corrected chi connectivity index (χ0v) is 15.6.